The Bertz CT molecular complexity index is 1460. The highest BCUT2D eigenvalue weighted by Crippen LogP contribution is 2.33. The second-order valence-electron chi connectivity index (χ2n) is 11.0. The summed E-state index contributed by atoms with van der Waals surface area (Å²) in [6, 6.07) is 2.98. The van der Waals surface area contributed by atoms with Gasteiger partial charge in [-0.1, -0.05) is 37.6 Å². The molecule has 1 aliphatic rings. The minimum atomic E-state index is -1.13. The number of aliphatic imine (C=N–C) groups is 1. The molecule has 0 saturated heterocycles. The Morgan fingerprint density at radius 3 is 2.52 bits per heavy atom. The van der Waals surface area contributed by atoms with Gasteiger partial charge in [-0.2, -0.15) is 0 Å². The maximum atomic E-state index is 14.6. The summed E-state index contributed by atoms with van der Waals surface area (Å²) >= 11 is 6.38. The van der Waals surface area contributed by atoms with Gasteiger partial charge in [0.2, 0.25) is 5.91 Å². The van der Waals surface area contributed by atoms with Gasteiger partial charge in [0, 0.05) is 57.9 Å². The van der Waals surface area contributed by atoms with Crippen molar-refractivity contribution in [3.05, 3.63) is 68.6 Å². The SMILES string of the molecule is CC(C)Cc1ncc(F)c2c1N=C(Cn1c(Cl)ccc(CC(=O)[C@H](CC/C=C/C(=O)N(C)C)OC(=O)N(C)C)c1=O)C2. The Labute approximate surface area is 249 Å². The molecule has 2 aromatic rings. The third-order valence-corrected chi connectivity index (χ3v) is 6.93. The quantitative estimate of drug-likeness (QED) is 0.267. The number of pyridine rings is 2. The van der Waals surface area contributed by atoms with Crippen molar-refractivity contribution in [3.63, 3.8) is 0 Å². The van der Waals surface area contributed by atoms with Crippen molar-refractivity contribution in [2.45, 2.75) is 58.6 Å². The topological polar surface area (TPSA) is 114 Å². The second-order valence-corrected chi connectivity index (χ2v) is 11.4. The summed E-state index contributed by atoms with van der Waals surface area (Å²) in [5.41, 5.74) is 1.86. The molecule has 1 aliphatic heterocycles. The summed E-state index contributed by atoms with van der Waals surface area (Å²) in [5, 5.41) is 0.141. The van der Waals surface area contributed by atoms with Crippen LogP contribution in [-0.2, 0) is 40.1 Å². The van der Waals surface area contributed by atoms with Gasteiger partial charge in [-0.25, -0.2) is 9.18 Å². The molecule has 10 nitrogen and oxygen atoms in total. The molecule has 0 radical (unpaired) electrons. The molecular formula is C30H37ClFN5O5. The zero-order chi connectivity index (χ0) is 31.1. The average Bonchev–Trinajstić information content (AvgIpc) is 3.36. The van der Waals surface area contributed by atoms with E-state index in [1.165, 1.54) is 52.9 Å². The Hall–Kier alpha value is -3.86. The number of rotatable bonds is 12. The minimum absolute atomic E-state index is 0.0126. The highest BCUT2D eigenvalue weighted by atomic mass is 35.5. The van der Waals surface area contributed by atoms with E-state index in [0.29, 0.717) is 41.4 Å². The van der Waals surface area contributed by atoms with E-state index in [2.05, 4.69) is 9.98 Å². The average molecular weight is 602 g/mol. The van der Waals surface area contributed by atoms with Crippen molar-refractivity contribution in [3.8, 4) is 0 Å². The number of hydrogen-bond acceptors (Lipinski definition) is 7. The maximum absolute atomic E-state index is 14.6. The summed E-state index contributed by atoms with van der Waals surface area (Å²) in [6.45, 7) is 4.09. The predicted molar refractivity (Wildman–Crippen MR) is 159 cm³/mol. The number of amides is 2. The van der Waals surface area contributed by atoms with Crippen LogP contribution in [-0.4, -0.2) is 77.1 Å². The fraction of sp³-hybridized carbons (Fsp3) is 0.467. The molecule has 0 N–H and O–H groups in total. The highest BCUT2D eigenvalue weighted by Gasteiger charge is 2.27. The van der Waals surface area contributed by atoms with Crippen LogP contribution >= 0.6 is 11.6 Å². The summed E-state index contributed by atoms with van der Waals surface area (Å²) in [4.78, 5) is 62.2. The van der Waals surface area contributed by atoms with Crippen LogP contribution in [0.15, 0.2) is 40.3 Å². The standard InChI is InChI=1S/C30H37ClFN5O5/c1-18(2)13-23-28-21(22(32)16-33-23)15-20(34-28)17-37-26(31)12-11-19(29(37)40)14-24(38)25(42-30(41)36(5)6)9-7-8-10-27(39)35(3)4/h8,10-12,16,18,25H,7,9,13-15,17H2,1-6H3/b10-8+/t25-/m0/s1. The number of hydrogen-bond donors (Lipinski definition) is 0. The number of allylic oxidation sites excluding steroid dienone is 1. The lowest BCUT2D eigenvalue weighted by Gasteiger charge is -2.19. The van der Waals surface area contributed by atoms with Crippen LogP contribution in [0.3, 0.4) is 0 Å². The van der Waals surface area contributed by atoms with Crippen LogP contribution in [0.4, 0.5) is 14.9 Å². The van der Waals surface area contributed by atoms with Crippen molar-refractivity contribution in [2.24, 2.45) is 10.9 Å². The van der Waals surface area contributed by atoms with Crippen LogP contribution in [0, 0.1) is 11.7 Å². The molecular weight excluding hydrogens is 565 g/mol. The molecule has 3 rings (SSSR count). The number of fused-ring (bicyclic) bond motifs is 1. The normalized spacial score (nSPS) is 13.2. The first-order valence-corrected chi connectivity index (χ1v) is 14.1. The number of halogens is 2. The Kier molecular flexibility index (Phi) is 11.2. The molecule has 0 unspecified atom stereocenters. The largest absolute Gasteiger partial charge is 0.438 e. The molecule has 1 atom stereocenters. The molecule has 226 valence electrons. The number of likely N-dealkylation sites (N-methyl/N-ethyl adjacent to an activating group) is 1. The van der Waals surface area contributed by atoms with E-state index in [4.69, 9.17) is 16.3 Å². The summed E-state index contributed by atoms with van der Waals surface area (Å²) in [5.74, 6) is -0.834. The summed E-state index contributed by atoms with van der Waals surface area (Å²) in [7, 11) is 6.23. The van der Waals surface area contributed by atoms with E-state index in [1.54, 1.807) is 20.2 Å². The molecule has 0 aliphatic carbocycles. The molecule has 0 saturated carbocycles. The number of Topliss-reactive ketones (excluding diaryl/α,β-unsaturated/α-hetero) is 1. The predicted octanol–water partition coefficient (Wildman–Crippen LogP) is 4.17. The van der Waals surface area contributed by atoms with Gasteiger partial charge in [0.25, 0.3) is 5.56 Å². The zero-order valence-corrected chi connectivity index (χ0v) is 25.6. The van der Waals surface area contributed by atoms with Crippen LogP contribution < -0.4 is 5.56 Å². The fourth-order valence-corrected chi connectivity index (χ4v) is 4.55. The minimum Gasteiger partial charge on any atom is -0.438 e. The van der Waals surface area contributed by atoms with Crippen LogP contribution in [0.1, 0.15) is 43.5 Å². The van der Waals surface area contributed by atoms with Crippen molar-refractivity contribution in [1.82, 2.24) is 19.4 Å². The molecule has 0 spiro atoms. The van der Waals surface area contributed by atoms with Gasteiger partial charge in [0.1, 0.15) is 11.0 Å². The van der Waals surface area contributed by atoms with Crippen LogP contribution in [0.25, 0.3) is 0 Å². The van der Waals surface area contributed by atoms with E-state index in [-0.39, 0.29) is 42.4 Å². The second kappa shape index (κ2) is 14.4. The third kappa shape index (κ3) is 8.34. The van der Waals surface area contributed by atoms with Gasteiger partial charge < -0.3 is 14.5 Å². The van der Waals surface area contributed by atoms with Gasteiger partial charge in [0.15, 0.2) is 11.9 Å². The number of aromatic nitrogens is 2. The molecule has 42 heavy (non-hydrogen) atoms. The first kappa shape index (κ1) is 32.7. The van der Waals surface area contributed by atoms with Gasteiger partial charge in [-0.15, -0.1) is 0 Å². The van der Waals surface area contributed by atoms with Gasteiger partial charge in [0.05, 0.1) is 24.1 Å². The molecule has 0 bridgehead atoms. The molecule has 2 aromatic heterocycles. The lowest BCUT2D eigenvalue weighted by atomic mass is 10.0. The third-order valence-electron chi connectivity index (χ3n) is 6.60. The van der Waals surface area contributed by atoms with Crippen LogP contribution in [0.2, 0.25) is 5.15 Å². The van der Waals surface area contributed by atoms with E-state index >= 15 is 0 Å². The summed E-state index contributed by atoms with van der Waals surface area (Å²) in [6.07, 6.45) is 3.33. The Morgan fingerprint density at radius 1 is 1.17 bits per heavy atom. The number of carbonyl (C=O) groups is 3. The van der Waals surface area contributed by atoms with Crippen molar-refractivity contribution in [2.75, 3.05) is 28.2 Å². The molecule has 3 heterocycles. The number of ether oxygens (including phenoxy) is 1. The van der Waals surface area contributed by atoms with Crippen molar-refractivity contribution in [1.29, 1.82) is 0 Å². The molecule has 2 amide bonds. The fourth-order valence-electron chi connectivity index (χ4n) is 4.35. The first-order chi connectivity index (χ1) is 19.8. The highest BCUT2D eigenvalue weighted by molar-refractivity contribution is 6.29. The monoisotopic (exact) mass is 601 g/mol. The smallest absolute Gasteiger partial charge is 0.409 e. The maximum Gasteiger partial charge on any atom is 0.409 e. The van der Waals surface area contributed by atoms with E-state index < -0.39 is 29.4 Å². The number of carbonyl (C=O) groups excluding carboxylic acids is 3. The Morgan fingerprint density at radius 2 is 1.88 bits per heavy atom. The lowest BCUT2D eigenvalue weighted by molar-refractivity contribution is -0.127. The van der Waals surface area contributed by atoms with Gasteiger partial charge in [-0.3, -0.25) is 28.9 Å². The number of ketones is 1. The van der Waals surface area contributed by atoms with E-state index in [1.807, 2.05) is 13.8 Å². The molecule has 0 fully saturated rings. The van der Waals surface area contributed by atoms with Gasteiger partial charge in [-0.05, 0) is 37.3 Å². The Balaban J connectivity index is 1.81. The van der Waals surface area contributed by atoms with Crippen molar-refractivity contribution >= 4 is 40.8 Å². The molecule has 0 aromatic carbocycles. The van der Waals surface area contributed by atoms with Gasteiger partial charge >= 0.3 is 6.09 Å². The van der Waals surface area contributed by atoms with Crippen molar-refractivity contribution < 1.29 is 23.5 Å². The van der Waals surface area contributed by atoms with E-state index in [0.717, 1.165) is 0 Å². The van der Waals surface area contributed by atoms with E-state index in [9.17, 15) is 23.6 Å². The first-order valence-electron chi connectivity index (χ1n) is 13.7. The van der Waals surface area contributed by atoms with Crippen LogP contribution in [0.5, 0.6) is 0 Å². The lowest BCUT2D eigenvalue weighted by Crippen LogP contribution is -2.35. The summed E-state index contributed by atoms with van der Waals surface area (Å²) < 4.78 is 21.2. The zero-order valence-electron chi connectivity index (χ0n) is 24.8. The molecule has 12 heteroatoms. The number of nitrogens with zero attached hydrogens (tertiary/aromatic N) is 5.